The fourth-order valence-electron chi connectivity index (χ4n) is 3.56. The Morgan fingerprint density at radius 1 is 1.08 bits per heavy atom. The third kappa shape index (κ3) is 3.58. The molecule has 0 saturated heterocycles. The second-order valence-electron chi connectivity index (χ2n) is 6.39. The molecular weight excluding hydrogens is 325 g/mol. The number of Topliss-reactive ketones (excluding diaryl/α,β-unsaturated/α-hetero) is 1. The van der Waals surface area contributed by atoms with Gasteiger partial charge >= 0.3 is 0 Å². The lowest BCUT2D eigenvalue weighted by atomic mass is 9.71. The van der Waals surface area contributed by atoms with Gasteiger partial charge in [-0.1, -0.05) is 42.5 Å². The maximum absolute atomic E-state index is 13.1. The van der Waals surface area contributed by atoms with E-state index in [2.05, 4.69) is 0 Å². The van der Waals surface area contributed by atoms with E-state index in [0.717, 1.165) is 0 Å². The van der Waals surface area contributed by atoms with Gasteiger partial charge in [0.2, 0.25) is 6.04 Å². The van der Waals surface area contributed by atoms with Crippen molar-refractivity contribution in [3.05, 3.63) is 81.7 Å². The summed E-state index contributed by atoms with van der Waals surface area (Å²) in [6, 6.07) is 13.0. The summed E-state index contributed by atoms with van der Waals surface area (Å²) >= 11 is 0. The topological polar surface area (TPSA) is 80.4 Å². The predicted molar refractivity (Wildman–Crippen MR) is 89.4 cm³/mol. The number of aliphatic hydroxyl groups excluding tert-OH is 1. The number of nitro groups is 1. The fourth-order valence-corrected chi connectivity index (χ4v) is 3.56. The van der Waals surface area contributed by atoms with Gasteiger partial charge in [-0.15, -0.1) is 0 Å². The molecule has 0 aromatic heterocycles. The molecule has 5 nitrogen and oxygen atoms in total. The van der Waals surface area contributed by atoms with Crippen LogP contribution in [0, 0.1) is 21.8 Å². The zero-order valence-electron chi connectivity index (χ0n) is 13.4. The van der Waals surface area contributed by atoms with Crippen LogP contribution in [0.2, 0.25) is 0 Å². The van der Waals surface area contributed by atoms with E-state index in [0.29, 0.717) is 11.1 Å². The molecule has 0 aliphatic heterocycles. The largest absolute Gasteiger partial charge is 0.392 e. The zero-order chi connectivity index (χ0) is 18.0. The minimum absolute atomic E-state index is 0.0378. The van der Waals surface area contributed by atoms with Crippen LogP contribution in [0.25, 0.3) is 0 Å². The van der Waals surface area contributed by atoms with Crippen molar-refractivity contribution in [2.24, 2.45) is 5.92 Å². The highest BCUT2D eigenvalue weighted by atomic mass is 19.1. The van der Waals surface area contributed by atoms with Gasteiger partial charge in [-0.2, -0.15) is 0 Å². The molecule has 0 spiro atoms. The molecule has 0 unspecified atom stereocenters. The normalized spacial score (nSPS) is 26.2. The number of rotatable bonds is 4. The van der Waals surface area contributed by atoms with E-state index >= 15 is 0 Å². The first-order chi connectivity index (χ1) is 12.0. The molecule has 1 saturated carbocycles. The molecular formula is C19H18FNO4. The molecule has 2 aromatic rings. The minimum atomic E-state index is -0.994. The second-order valence-corrected chi connectivity index (χ2v) is 6.39. The molecule has 1 aliphatic rings. The molecule has 0 amide bonds. The van der Waals surface area contributed by atoms with E-state index < -0.39 is 34.7 Å². The minimum Gasteiger partial charge on any atom is -0.392 e. The van der Waals surface area contributed by atoms with E-state index in [4.69, 9.17) is 0 Å². The van der Waals surface area contributed by atoms with Crippen LogP contribution in [-0.4, -0.2) is 28.0 Å². The molecule has 0 radical (unpaired) electrons. The first-order valence-electron chi connectivity index (χ1n) is 8.13. The summed E-state index contributed by atoms with van der Waals surface area (Å²) in [5.74, 6) is -2.06. The first-order valence-corrected chi connectivity index (χ1v) is 8.13. The average molecular weight is 343 g/mol. The number of halogens is 1. The van der Waals surface area contributed by atoms with Gasteiger partial charge in [0.15, 0.2) is 5.78 Å². The Kier molecular flexibility index (Phi) is 4.90. The van der Waals surface area contributed by atoms with Crippen molar-refractivity contribution >= 4 is 5.78 Å². The van der Waals surface area contributed by atoms with Gasteiger partial charge in [-0.3, -0.25) is 14.9 Å². The van der Waals surface area contributed by atoms with Gasteiger partial charge in [0.25, 0.3) is 0 Å². The number of hydrogen-bond donors (Lipinski definition) is 1. The van der Waals surface area contributed by atoms with Crippen LogP contribution in [0.4, 0.5) is 4.39 Å². The third-order valence-corrected chi connectivity index (χ3v) is 4.88. The molecule has 1 N–H and O–H groups in total. The van der Waals surface area contributed by atoms with Crippen molar-refractivity contribution in [1.29, 1.82) is 0 Å². The Morgan fingerprint density at radius 2 is 1.72 bits per heavy atom. The van der Waals surface area contributed by atoms with Crippen LogP contribution in [0.3, 0.4) is 0 Å². The van der Waals surface area contributed by atoms with E-state index in [9.17, 15) is 24.4 Å². The van der Waals surface area contributed by atoms with Crippen LogP contribution in [0.5, 0.6) is 0 Å². The van der Waals surface area contributed by atoms with Crippen LogP contribution in [0.15, 0.2) is 54.6 Å². The molecule has 1 fully saturated rings. The van der Waals surface area contributed by atoms with Gasteiger partial charge in [0, 0.05) is 16.9 Å². The Balaban J connectivity index is 1.86. The van der Waals surface area contributed by atoms with Crippen LogP contribution in [0.1, 0.15) is 34.7 Å². The quantitative estimate of drug-likeness (QED) is 0.525. The maximum Gasteiger partial charge on any atom is 0.220 e. The second kappa shape index (κ2) is 7.11. The summed E-state index contributed by atoms with van der Waals surface area (Å²) in [5.41, 5.74) is 1.04. The summed E-state index contributed by atoms with van der Waals surface area (Å²) < 4.78 is 13.1. The van der Waals surface area contributed by atoms with Crippen LogP contribution in [-0.2, 0) is 0 Å². The van der Waals surface area contributed by atoms with E-state index in [1.165, 1.54) is 24.3 Å². The molecule has 25 heavy (non-hydrogen) atoms. The lowest BCUT2D eigenvalue weighted by Gasteiger charge is -2.34. The van der Waals surface area contributed by atoms with Crippen molar-refractivity contribution in [3.63, 3.8) is 0 Å². The molecule has 2 aromatic carbocycles. The highest BCUT2D eigenvalue weighted by Crippen LogP contribution is 2.39. The average Bonchev–Trinajstić information content (AvgIpc) is 2.62. The number of carbonyl (C=O) groups excluding carboxylic acids is 1. The van der Waals surface area contributed by atoms with Crippen molar-refractivity contribution in [1.82, 2.24) is 0 Å². The number of nitrogens with zero attached hydrogens (tertiary/aromatic N) is 1. The summed E-state index contributed by atoms with van der Waals surface area (Å²) in [7, 11) is 0. The fraction of sp³-hybridized carbons (Fsp3) is 0.316. The molecule has 1 aliphatic carbocycles. The van der Waals surface area contributed by atoms with Gasteiger partial charge in [0.05, 0.1) is 17.9 Å². The van der Waals surface area contributed by atoms with Gasteiger partial charge < -0.3 is 5.11 Å². The van der Waals surface area contributed by atoms with Gasteiger partial charge in [0.1, 0.15) is 5.82 Å². The molecule has 0 heterocycles. The van der Waals surface area contributed by atoms with E-state index in [1.54, 1.807) is 30.3 Å². The Bertz CT molecular complexity index is 763. The van der Waals surface area contributed by atoms with E-state index in [1.807, 2.05) is 0 Å². The standard InChI is InChI=1S/C19H18FNO4/c20-14-8-6-12(7-9-14)15-11-18(22)16(10-17(15)21(24)25)19(23)13-4-2-1-3-5-13/h1-9,15-18,22H,10-11H2/t15-,16-,17+,18+/m1/s1. The zero-order valence-corrected chi connectivity index (χ0v) is 13.4. The monoisotopic (exact) mass is 343 g/mol. The maximum atomic E-state index is 13.1. The van der Waals surface area contributed by atoms with Gasteiger partial charge in [-0.05, 0) is 24.1 Å². The molecule has 0 bridgehead atoms. The Morgan fingerprint density at radius 3 is 2.32 bits per heavy atom. The van der Waals surface area contributed by atoms with Crippen LogP contribution >= 0.6 is 0 Å². The van der Waals surface area contributed by atoms with Crippen molar-refractivity contribution in [2.75, 3.05) is 0 Å². The molecule has 4 atom stereocenters. The summed E-state index contributed by atoms with van der Waals surface area (Å²) in [6.45, 7) is 0. The van der Waals surface area contributed by atoms with Crippen LogP contribution < -0.4 is 0 Å². The first kappa shape index (κ1) is 17.2. The molecule has 6 heteroatoms. The van der Waals surface area contributed by atoms with Crippen molar-refractivity contribution in [3.8, 4) is 0 Å². The van der Waals surface area contributed by atoms with Crippen molar-refractivity contribution < 1.29 is 19.2 Å². The summed E-state index contributed by atoms with van der Waals surface area (Å²) in [5, 5.41) is 22.0. The number of aliphatic hydroxyl groups is 1. The Labute approximate surface area is 144 Å². The van der Waals surface area contributed by atoms with Gasteiger partial charge in [-0.25, -0.2) is 4.39 Å². The summed E-state index contributed by atoms with van der Waals surface area (Å²) in [4.78, 5) is 23.8. The number of ketones is 1. The highest BCUT2D eigenvalue weighted by molar-refractivity contribution is 5.98. The summed E-state index contributed by atoms with van der Waals surface area (Å²) in [6.07, 6.45) is -0.913. The number of hydrogen-bond acceptors (Lipinski definition) is 4. The van der Waals surface area contributed by atoms with E-state index in [-0.39, 0.29) is 18.6 Å². The number of carbonyl (C=O) groups is 1. The Hall–Kier alpha value is -2.60. The SMILES string of the molecule is O=C(c1ccccc1)[C@@H]1C[C@H]([N+](=O)[O-])[C@@H](c2ccc(F)cc2)C[C@@H]1O. The molecule has 130 valence electrons. The number of benzene rings is 2. The third-order valence-electron chi connectivity index (χ3n) is 4.88. The lowest BCUT2D eigenvalue weighted by Crippen LogP contribution is -2.44. The lowest BCUT2D eigenvalue weighted by molar-refractivity contribution is -0.532. The smallest absolute Gasteiger partial charge is 0.220 e. The molecule has 3 rings (SSSR count). The van der Waals surface area contributed by atoms with Crippen molar-refractivity contribution in [2.45, 2.75) is 30.9 Å². The predicted octanol–water partition coefficient (Wildman–Crippen LogP) is 3.21. The highest BCUT2D eigenvalue weighted by Gasteiger charge is 2.46.